The van der Waals surface area contributed by atoms with Gasteiger partial charge in [-0.1, -0.05) is 62.4 Å². The van der Waals surface area contributed by atoms with Crippen LogP contribution in [0.15, 0.2) is 54.7 Å². The molecule has 4 rings (SSSR count). The van der Waals surface area contributed by atoms with Gasteiger partial charge in [-0.15, -0.1) is 0 Å². The molecule has 0 bridgehead atoms. The maximum absolute atomic E-state index is 12.8. The maximum Gasteiger partial charge on any atom is 0.233 e. The predicted molar refractivity (Wildman–Crippen MR) is 128 cm³/mol. The Morgan fingerprint density at radius 2 is 1.88 bits per heavy atom. The molecule has 0 aliphatic carbocycles. The molecular weight excluding hydrogens is 414 g/mol. The summed E-state index contributed by atoms with van der Waals surface area (Å²) in [5.74, 6) is 1.75. The average molecular weight is 444 g/mol. The van der Waals surface area contributed by atoms with Crippen molar-refractivity contribution in [1.29, 1.82) is 0 Å². The summed E-state index contributed by atoms with van der Waals surface area (Å²) in [7, 11) is 1.63. The van der Waals surface area contributed by atoms with Crippen molar-refractivity contribution in [3.8, 4) is 11.4 Å². The second-order valence-electron chi connectivity index (χ2n) is 8.66. The molecule has 0 spiro atoms. The van der Waals surface area contributed by atoms with E-state index in [1.165, 1.54) is 5.56 Å². The Morgan fingerprint density at radius 3 is 2.61 bits per heavy atom. The third-order valence-electron chi connectivity index (χ3n) is 5.93. The van der Waals surface area contributed by atoms with Crippen molar-refractivity contribution in [1.82, 2.24) is 9.97 Å². The normalized spacial score (nSPS) is 13.0. The molecule has 6 nitrogen and oxygen atoms in total. The summed E-state index contributed by atoms with van der Waals surface area (Å²) >= 11 is 0. The van der Waals surface area contributed by atoms with Crippen LogP contribution in [0.1, 0.15) is 59.7 Å². The number of hydrogen-bond acceptors (Lipinski definition) is 5. The third kappa shape index (κ3) is 5.01. The van der Waals surface area contributed by atoms with Crippen molar-refractivity contribution in [2.24, 2.45) is 0 Å². The fourth-order valence-corrected chi connectivity index (χ4v) is 4.13. The van der Waals surface area contributed by atoms with Crippen LogP contribution in [0.25, 0.3) is 11.4 Å². The summed E-state index contributed by atoms with van der Waals surface area (Å²) in [4.78, 5) is 36.2. The third-order valence-corrected chi connectivity index (χ3v) is 5.93. The molecule has 3 aromatic rings. The molecule has 0 atom stereocenters. The Bertz CT molecular complexity index is 1160. The van der Waals surface area contributed by atoms with Gasteiger partial charge in [-0.2, -0.15) is 0 Å². The van der Waals surface area contributed by atoms with Crippen LogP contribution in [-0.4, -0.2) is 35.4 Å². The number of fused-ring (bicyclic) bond motifs is 1. The van der Waals surface area contributed by atoms with Gasteiger partial charge in [-0.05, 0) is 23.5 Å². The van der Waals surface area contributed by atoms with E-state index in [1.807, 2.05) is 42.5 Å². The van der Waals surface area contributed by atoms with Crippen LogP contribution in [-0.2, 0) is 22.5 Å². The van der Waals surface area contributed by atoms with Crippen LogP contribution in [0.4, 0.5) is 5.82 Å². The monoisotopic (exact) mass is 443 g/mol. The molecule has 6 heteroatoms. The Hall–Kier alpha value is -3.38. The predicted octanol–water partition coefficient (Wildman–Crippen LogP) is 4.97. The van der Waals surface area contributed by atoms with Crippen LogP contribution in [0, 0.1) is 0 Å². The number of ketones is 1. The molecule has 0 fully saturated rings. The van der Waals surface area contributed by atoms with Crippen LogP contribution < -0.4 is 4.90 Å². The number of nitrogens with zero attached hydrogens (tertiary/aromatic N) is 3. The number of aromatic nitrogens is 2. The smallest absolute Gasteiger partial charge is 0.233 e. The molecule has 0 radical (unpaired) electrons. The summed E-state index contributed by atoms with van der Waals surface area (Å²) in [6.07, 6.45) is 3.24. The minimum absolute atomic E-state index is 0.00770. The van der Waals surface area contributed by atoms with Crippen molar-refractivity contribution in [2.45, 2.75) is 45.6 Å². The Balaban J connectivity index is 1.55. The number of hydrogen-bond donors (Lipinski definition) is 0. The largest absolute Gasteiger partial charge is 0.385 e. The Labute approximate surface area is 194 Å². The topological polar surface area (TPSA) is 72.4 Å². The van der Waals surface area contributed by atoms with E-state index in [0.29, 0.717) is 55.5 Å². The second kappa shape index (κ2) is 10.0. The minimum atomic E-state index is 0.00770. The number of benzene rings is 2. The lowest BCUT2D eigenvalue weighted by Crippen LogP contribution is -2.26. The number of carbonyl (C=O) groups excluding carboxylic acids is 2. The van der Waals surface area contributed by atoms with E-state index in [4.69, 9.17) is 9.72 Å². The number of methoxy groups -OCH3 is 1. The molecule has 0 unspecified atom stereocenters. The van der Waals surface area contributed by atoms with Gasteiger partial charge in [0.2, 0.25) is 5.91 Å². The first-order chi connectivity index (χ1) is 16.0. The summed E-state index contributed by atoms with van der Waals surface area (Å²) in [6.45, 7) is 5.28. The first-order valence-electron chi connectivity index (χ1n) is 11.3. The molecule has 0 N–H and O–H groups in total. The van der Waals surface area contributed by atoms with E-state index < -0.39 is 0 Å². The SMILES string of the molecule is COCCCC(=O)c1ccc(CN2C(=O)Cc3cnc(-c4ccccc4C(C)C)nc32)cc1. The van der Waals surface area contributed by atoms with Crippen LogP contribution in [0.3, 0.4) is 0 Å². The lowest BCUT2D eigenvalue weighted by Gasteiger charge is -2.18. The number of Topliss-reactive ketones (excluding diaryl/α,β-unsaturated/α-hetero) is 1. The van der Waals surface area contributed by atoms with Crippen molar-refractivity contribution >= 4 is 17.5 Å². The van der Waals surface area contributed by atoms with Gasteiger partial charge in [-0.25, -0.2) is 9.97 Å². The molecule has 1 aliphatic heterocycles. The highest BCUT2D eigenvalue weighted by Crippen LogP contribution is 2.32. The molecule has 1 amide bonds. The zero-order valence-electron chi connectivity index (χ0n) is 19.4. The lowest BCUT2D eigenvalue weighted by atomic mass is 9.97. The fraction of sp³-hybridized carbons (Fsp3) is 0.333. The summed E-state index contributed by atoms with van der Waals surface area (Å²) in [5.41, 5.74) is 4.64. The van der Waals surface area contributed by atoms with Crippen LogP contribution in [0.5, 0.6) is 0 Å². The number of ether oxygens (including phenoxy) is 1. The number of amides is 1. The van der Waals surface area contributed by atoms with Gasteiger partial charge in [0.25, 0.3) is 0 Å². The van der Waals surface area contributed by atoms with Gasteiger partial charge in [0.15, 0.2) is 11.6 Å². The van der Waals surface area contributed by atoms with E-state index >= 15 is 0 Å². The molecule has 0 saturated heterocycles. The van der Waals surface area contributed by atoms with Crippen LogP contribution >= 0.6 is 0 Å². The quantitative estimate of drug-likeness (QED) is 0.345. The van der Waals surface area contributed by atoms with Gasteiger partial charge in [0.1, 0.15) is 5.82 Å². The van der Waals surface area contributed by atoms with Gasteiger partial charge < -0.3 is 4.74 Å². The summed E-state index contributed by atoms with van der Waals surface area (Å²) in [5, 5.41) is 0. The van der Waals surface area contributed by atoms with E-state index in [0.717, 1.165) is 16.7 Å². The van der Waals surface area contributed by atoms with Crippen molar-refractivity contribution in [2.75, 3.05) is 18.6 Å². The molecule has 33 heavy (non-hydrogen) atoms. The Kier molecular flexibility index (Phi) is 6.94. The highest BCUT2D eigenvalue weighted by molar-refractivity contribution is 6.00. The summed E-state index contributed by atoms with van der Waals surface area (Å²) < 4.78 is 5.01. The number of carbonyl (C=O) groups is 2. The fourth-order valence-electron chi connectivity index (χ4n) is 4.13. The number of anilines is 1. The summed E-state index contributed by atoms with van der Waals surface area (Å²) in [6, 6.07) is 15.6. The first-order valence-corrected chi connectivity index (χ1v) is 11.3. The first kappa shape index (κ1) is 22.8. The van der Waals surface area contributed by atoms with E-state index in [9.17, 15) is 9.59 Å². The standard InChI is InChI=1S/C27H29N3O3/c1-18(2)22-7-4-5-8-23(22)26-28-16-21-15-25(32)30(27(21)29-26)17-19-10-12-20(13-11-19)24(31)9-6-14-33-3/h4-5,7-8,10-13,16,18H,6,9,14-15,17H2,1-3H3. The second-order valence-corrected chi connectivity index (χ2v) is 8.66. The van der Waals surface area contributed by atoms with Crippen molar-refractivity contribution < 1.29 is 14.3 Å². The zero-order valence-corrected chi connectivity index (χ0v) is 19.4. The minimum Gasteiger partial charge on any atom is -0.385 e. The molecule has 170 valence electrons. The van der Waals surface area contributed by atoms with Gasteiger partial charge in [0.05, 0.1) is 13.0 Å². The van der Waals surface area contributed by atoms with Crippen molar-refractivity contribution in [3.05, 3.63) is 77.0 Å². The Morgan fingerprint density at radius 1 is 1.12 bits per heavy atom. The zero-order chi connectivity index (χ0) is 23.4. The molecule has 0 saturated carbocycles. The van der Waals surface area contributed by atoms with E-state index in [2.05, 4.69) is 24.9 Å². The van der Waals surface area contributed by atoms with Gasteiger partial charge >= 0.3 is 0 Å². The average Bonchev–Trinajstić information content (AvgIpc) is 3.13. The van der Waals surface area contributed by atoms with Gasteiger partial charge in [0, 0.05) is 43.0 Å². The molecular formula is C27H29N3O3. The van der Waals surface area contributed by atoms with Gasteiger partial charge in [-0.3, -0.25) is 14.5 Å². The lowest BCUT2D eigenvalue weighted by molar-refractivity contribution is -0.117. The highest BCUT2D eigenvalue weighted by atomic mass is 16.5. The molecule has 1 aromatic heterocycles. The van der Waals surface area contributed by atoms with Crippen LogP contribution in [0.2, 0.25) is 0 Å². The molecule has 2 heterocycles. The number of rotatable bonds is 9. The molecule has 2 aromatic carbocycles. The van der Waals surface area contributed by atoms with E-state index in [1.54, 1.807) is 18.2 Å². The van der Waals surface area contributed by atoms with E-state index in [-0.39, 0.29) is 11.7 Å². The highest BCUT2D eigenvalue weighted by Gasteiger charge is 2.30. The van der Waals surface area contributed by atoms with Crippen molar-refractivity contribution in [3.63, 3.8) is 0 Å². The maximum atomic E-state index is 12.8. The molecule has 1 aliphatic rings.